The van der Waals surface area contributed by atoms with Gasteiger partial charge in [0.2, 0.25) is 11.8 Å². The van der Waals surface area contributed by atoms with Crippen LogP contribution in [0.2, 0.25) is 5.02 Å². The second kappa shape index (κ2) is 13.8. The summed E-state index contributed by atoms with van der Waals surface area (Å²) in [7, 11) is -4.15. The number of carbonyl (C=O) groups excluding carboxylic acids is 2. The summed E-state index contributed by atoms with van der Waals surface area (Å²) in [5, 5.41) is 3.34. The topological polar surface area (TPSA) is 86.8 Å². The van der Waals surface area contributed by atoms with Gasteiger partial charge in [0.1, 0.15) is 12.6 Å². The molecule has 0 spiro atoms. The van der Waals surface area contributed by atoms with Crippen LogP contribution in [0.3, 0.4) is 0 Å². The van der Waals surface area contributed by atoms with Crippen LogP contribution in [-0.4, -0.2) is 43.8 Å². The predicted octanol–water partition coefficient (Wildman–Crippen LogP) is 5.87. The number of nitrogens with one attached hydrogen (secondary N) is 1. The zero-order valence-electron chi connectivity index (χ0n) is 23.7. The van der Waals surface area contributed by atoms with Crippen LogP contribution < -0.4 is 9.62 Å². The van der Waals surface area contributed by atoms with Gasteiger partial charge in [-0.3, -0.25) is 13.9 Å². The van der Waals surface area contributed by atoms with Crippen LogP contribution in [0.4, 0.5) is 5.69 Å². The molecule has 0 fully saturated rings. The molecule has 0 aliphatic rings. The number of amides is 2. The third kappa shape index (κ3) is 7.43. The number of halogens is 1. The summed E-state index contributed by atoms with van der Waals surface area (Å²) >= 11 is 6.29. The fourth-order valence-corrected chi connectivity index (χ4v) is 6.07. The van der Waals surface area contributed by atoms with E-state index in [-0.39, 0.29) is 23.4 Å². The van der Waals surface area contributed by atoms with Gasteiger partial charge in [-0.25, -0.2) is 8.42 Å². The van der Waals surface area contributed by atoms with Crippen molar-refractivity contribution in [2.45, 2.75) is 71.0 Å². The Morgan fingerprint density at radius 2 is 1.55 bits per heavy atom. The van der Waals surface area contributed by atoms with Crippen molar-refractivity contribution in [2.75, 3.05) is 10.8 Å². The molecule has 214 valence electrons. The number of benzene rings is 3. The maximum absolute atomic E-state index is 14.2. The molecule has 1 N–H and O–H groups in total. The SMILES string of the molecule is CC[C@H](C)NC(=O)[C@H](CC)N(Cc1ccccc1C)C(=O)CN(c1cc(Cl)ccc1C)S(=O)(=O)c1ccccc1. The minimum atomic E-state index is -4.15. The molecule has 0 unspecified atom stereocenters. The minimum absolute atomic E-state index is 0.0502. The van der Waals surface area contributed by atoms with Crippen LogP contribution in [0.15, 0.2) is 77.7 Å². The molecule has 0 aliphatic heterocycles. The first-order valence-electron chi connectivity index (χ1n) is 13.5. The van der Waals surface area contributed by atoms with Crippen molar-refractivity contribution >= 4 is 39.1 Å². The first-order valence-corrected chi connectivity index (χ1v) is 15.3. The summed E-state index contributed by atoms with van der Waals surface area (Å²) in [5.41, 5.74) is 2.79. The Morgan fingerprint density at radius 1 is 0.900 bits per heavy atom. The molecule has 0 heterocycles. The highest BCUT2D eigenvalue weighted by molar-refractivity contribution is 7.92. The van der Waals surface area contributed by atoms with Gasteiger partial charge in [-0.05, 0) is 74.6 Å². The molecule has 40 heavy (non-hydrogen) atoms. The predicted molar refractivity (Wildman–Crippen MR) is 161 cm³/mol. The molecule has 3 aromatic carbocycles. The van der Waals surface area contributed by atoms with Gasteiger partial charge in [0.25, 0.3) is 10.0 Å². The molecule has 9 heteroatoms. The van der Waals surface area contributed by atoms with E-state index in [1.165, 1.54) is 17.0 Å². The molecule has 0 saturated carbocycles. The summed E-state index contributed by atoms with van der Waals surface area (Å²) in [4.78, 5) is 29.1. The van der Waals surface area contributed by atoms with Gasteiger partial charge in [-0.15, -0.1) is 0 Å². The Labute approximate surface area is 243 Å². The van der Waals surface area contributed by atoms with E-state index in [9.17, 15) is 18.0 Å². The average molecular weight is 584 g/mol. The first kappa shape index (κ1) is 31.2. The molecule has 0 saturated heterocycles. The van der Waals surface area contributed by atoms with Gasteiger partial charge in [-0.1, -0.05) is 74.0 Å². The van der Waals surface area contributed by atoms with Crippen LogP contribution in [0.5, 0.6) is 0 Å². The highest BCUT2D eigenvalue weighted by Gasteiger charge is 2.34. The third-order valence-electron chi connectivity index (χ3n) is 7.04. The summed E-state index contributed by atoms with van der Waals surface area (Å²) in [6.45, 7) is 9.10. The van der Waals surface area contributed by atoms with Gasteiger partial charge in [-0.2, -0.15) is 0 Å². The second-order valence-corrected chi connectivity index (χ2v) is 12.2. The lowest BCUT2D eigenvalue weighted by molar-refractivity contribution is -0.140. The van der Waals surface area contributed by atoms with Crippen LogP contribution >= 0.6 is 11.6 Å². The zero-order chi connectivity index (χ0) is 29.4. The quantitative estimate of drug-likeness (QED) is 0.289. The monoisotopic (exact) mass is 583 g/mol. The summed E-state index contributed by atoms with van der Waals surface area (Å²) in [5.74, 6) is -0.761. The second-order valence-electron chi connectivity index (χ2n) is 9.95. The molecular weight excluding hydrogens is 546 g/mol. The highest BCUT2D eigenvalue weighted by atomic mass is 35.5. The summed E-state index contributed by atoms with van der Waals surface area (Å²) in [6, 6.07) is 19.7. The molecule has 0 aromatic heterocycles. The molecule has 3 rings (SSSR count). The highest BCUT2D eigenvalue weighted by Crippen LogP contribution is 2.30. The maximum atomic E-state index is 14.2. The molecule has 7 nitrogen and oxygen atoms in total. The maximum Gasteiger partial charge on any atom is 0.264 e. The fraction of sp³-hybridized carbons (Fsp3) is 0.355. The standard InChI is InChI=1S/C31H38ClN3O4S/c1-6-24(5)33-31(37)28(7-2)34(20-25-14-12-11-13-22(25)3)30(36)21-35(29-19-26(32)18-17-23(29)4)40(38,39)27-15-9-8-10-16-27/h8-19,24,28H,6-7,20-21H2,1-5H3,(H,33,37)/t24-,28-/m0/s1. The van der Waals surface area contributed by atoms with Crippen molar-refractivity contribution in [3.63, 3.8) is 0 Å². The number of carbonyl (C=O) groups is 2. The lowest BCUT2D eigenvalue weighted by Crippen LogP contribution is -2.53. The normalized spacial score (nSPS) is 12.8. The number of aryl methyl sites for hydroxylation is 2. The van der Waals surface area contributed by atoms with E-state index in [2.05, 4.69) is 5.32 Å². The van der Waals surface area contributed by atoms with Crippen molar-refractivity contribution < 1.29 is 18.0 Å². The summed E-state index contributed by atoms with van der Waals surface area (Å²) in [6.07, 6.45) is 1.10. The molecule has 0 bridgehead atoms. The van der Waals surface area contributed by atoms with E-state index in [0.717, 1.165) is 21.9 Å². The number of anilines is 1. The number of nitrogens with zero attached hydrogens (tertiary/aromatic N) is 2. The van der Waals surface area contributed by atoms with Crippen molar-refractivity contribution in [1.82, 2.24) is 10.2 Å². The molecule has 0 aliphatic carbocycles. The van der Waals surface area contributed by atoms with E-state index in [0.29, 0.717) is 22.7 Å². The van der Waals surface area contributed by atoms with E-state index in [1.54, 1.807) is 43.3 Å². The van der Waals surface area contributed by atoms with Crippen molar-refractivity contribution in [1.29, 1.82) is 0 Å². The summed E-state index contributed by atoms with van der Waals surface area (Å²) < 4.78 is 29.0. The Bertz CT molecular complexity index is 1430. The van der Waals surface area contributed by atoms with Crippen molar-refractivity contribution in [3.8, 4) is 0 Å². The third-order valence-corrected chi connectivity index (χ3v) is 9.05. The van der Waals surface area contributed by atoms with E-state index < -0.39 is 28.5 Å². The average Bonchev–Trinajstić information content (AvgIpc) is 2.94. The molecule has 2 atom stereocenters. The molecular formula is C31H38ClN3O4S. The molecule has 0 radical (unpaired) electrons. The Balaban J connectivity index is 2.10. The van der Waals surface area contributed by atoms with Crippen LogP contribution in [0.25, 0.3) is 0 Å². The van der Waals surface area contributed by atoms with E-state index >= 15 is 0 Å². The Kier molecular flexibility index (Phi) is 10.8. The number of hydrogen-bond donors (Lipinski definition) is 1. The first-order chi connectivity index (χ1) is 19.0. The van der Waals surface area contributed by atoms with Crippen molar-refractivity contribution in [2.24, 2.45) is 0 Å². The largest absolute Gasteiger partial charge is 0.352 e. The van der Waals surface area contributed by atoms with Gasteiger partial charge in [0.05, 0.1) is 10.6 Å². The van der Waals surface area contributed by atoms with Crippen molar-refractivity contribution in [3.05, 3.63) is 94.5 Å². The number of hydrogen-bond acceptors (Lipinski definition) is 4. The van der Waals surface area contributed by atoms with Gasteiger partial charge in [0.15, 0.2) is 0 Å². The van der Waals surface area contributed by atoms with E-state index in [1.807, 2.05) is 52.0 Å². The van der Waals surface area contributed by atoms with E-state index in [4.69, 9.17) is 11.6 Å². The number of rotatable bonds is 12. The van der Waals surface area contributed by atoms with Crippen LogP contribution in [0.1, 0.15) is 50.3 Å². The van der Waals surface area contributed by atoms with Gasteiger partial charge >= 0.3 is 0 Å². The lowest BCUT2D eigenvalue weighted by atomic mass is 10.1. The zero-order valence-corrected chi connectivity index (χ0v) is 25.3. The number of sulfonamides is 1. The van der Waals surface area contributed by atoms with Gasteiger partial charge in [0, 0.05) is 17.6 Å². The molecule has 2 amide bonds. The lowest BCUT2D eigenvalue weighted by Gasteiger charge is -2.34. The Morgan fingerprint density at radius 3 is 2.17 bits per heavy atom. The smallest absolute Gasteiger partial charge is 0.264 e. The van der Waals surface area contributed by atoms with Gasteiger partial charge < -0.3 is 10.2 Å². The molecule has 3 aromatic rings. The minimum Gasteiger partial charge on any atom is -0.352 e. The Hall–Kier alpha value is -3.36. The van der Waals surface area contributed by atoms with Crippen LogP contribution in [0, 0.1) is 13.8 Å². The van der Waals surface area contributed by atoms with Crippen LogP contribution in [-0.2, 0) is 26.2 Å². The fourth-order valence-electron chi connectivity index (χ4n) is 4.42.